The van der Waals surface area contributed by atoms with Crippen LogP contribution in [0.25, 0.3) is 0 Å². The summed E-state index contributed by atoms with van der Waals surface area (Å²) < 4.78 is 0. The summed E-state index contributed by atoms with van der Waals surface area (Å²) in [7, 11) is 0. The molecule has 0 radical (unpaired) electrons. The van der Waals surface area contributed by atoms with Gasteiger partial charge in [0.1, 0.15) is 0 Å². The third kappa shape index (κ3) is 2.39. The normalized spacial score (nSPS) is 9.08. The summed E-state index contributed by atoms with van der Waals surface area (Å²) in [5.41, 5.74) is 0.515. The summed E-state index contributed by atoms with van der Waals surface area (Å²) in [5.74, 6) is -0.212. The minimum Gasteiger partial charge on any atom is -0.317 e. The van der Waals surface area contributed by atoms with Crippen LogP contribution in [0.2, 0.25) is 0 Å². The molecule has 0 aliphatic carbocycles. The molecule has 0 unspecified atom stereocenters. The van der Waals surface area contributed by atoms with Gasteiger partial charge in [0.2, 0.25) is 0 Å². The number of hydrogen-bond acceptors (Lipinski definition) is 3. The molecule has 12 heavy (non-hydrogen) atoms. The van der Waals surface area contributed by atoms with E-state index in [1.54, 1.807) is 25.3 Å². The first-order chi connectivity index (χ1) is 5.70. The van der Waals surface area contributed by atoms with Gasteiger partial charge in [-0.2, -0.15) is 0 Å². The average molecular weight is 180 g/mol. The van der Waals surface area contributed by atoms with Gasteiger partial charge in [-0.15, -0.1) is 0 Å². The molecule has 0 bridgehead atoms. The second-order valence-corrected chi connectivity index (χ2v) is 2.86. The minimum atomic E-state index is -0.212. The van der Waals surface area contributed by atoms with Crippen LogP contribution in [-0.2, 0) is 0 Å². The number of thiocarbonyl (C=S) groups is 1. The highest BCUT2D eigenvalue weighted by molar-refractivity contribution is 7.80. The fraction of sp³-hybridized carbons (Fsp3) is 0.125. The maximum atomic E-state index is 11.2. The van der Waals surface area contributed by atoms with Crippen molar-refractivity contribution in [1.82, 2.24) is 10.3 Å². The molecule has 0 spiro atoms. The van der Waals surface area contributed by atoms with Gasteiger partial charge in [-0.05, 0) is 19.1 Å². The highest BCUT2D eigenvalue weighted by atomic mass is 32.1. The molecule has 1 amide bonds. The van der Waals surface area contributed by atoms with Crippen LogP contribution >= 0.6 is 12.2 Å². The van der Waals surface area contributed by atoms with Gasteiger partial charge in [0, 0.05) is 12.4 Å². The van der Waals surface area contributed by atoms with Crippen molar-refractivity contribution in [2.45, 2.75) is 6.92 Å². The molecule has 1 N–H and O–H groups in total. The van der Waals surface area contributed by atoms with Crippen molar-refractivity contribution in [3.05, 3.63) is 30.1 Å². The van der Waals surface area contributed by atoms with E-state index in [-0.39, 0.29) is 5.91 Å². The molecule has 0 fully saturated rings. The third-order valence-electron chi connectivity index (χ3n) is 1.21. The fourth-order valence-corrected chi connectivity index (χ4v) is 0.822. The van der Waals surface area contributed by atoms with E-state index >= 15 is 0 Å². The van der Waals surface area contributed by atoms with Crippen molar-refractivity contribution in [3.63, 3.8) is 0 Å². The maximum absolute atomic E-state index is 11.2. The largest absolute Gasteiger partial charge is 0.317 e. The lowest BCUT2D eigenvalue weighted by Crippen LogP contribution is -2.26. The molecule has 0 aromatic carbocycles. The molecule has 1 heterocycles. The summed E-state index contributed by atoms with van der Waals surface area (Å²) in [6.07, 6.45) is 3.11. The number of nitrogens with one attached hydrogen (secondary N) is 1. The number of hydrogen-bond donors (Lipinski definition) is 1. The second-order valence-electron chi connectivity index (χ2n) is 2.25. The van der Waals surface area contributed by atoms with Gasteiger partial charge in [-0.1, -0.05) is 12.2 Å². The highest BCUT2D eigenvalue weighted by Gasteiger charge is 2.03. The van der Waals surface area contributed by atoms with E-state index < -0.39 is 0 Å². The van der Waals surface area contributed by atoms with E-state index in [9.17, 15) is 4.79 Å². The van der Waals surface area contributed by atoms with Crippen LogP contribution in [0.5, 0.6) is 0 Å². The molecule has 0 saturated carbocycles. The molecular weight excluding hydrogens is 172 g/mol. The minimum absolute atomic E-state index is 0.212. The van der Waals surface area contributed by atoms with Crippen molar-refractivity contribution in [3.8, 4) is 0 Å². The Kier molecular flexibility index (Phi) is 2.88. The SMILES string of the molecule is CC(=S)NC(=O)c1cccnc1. The standard InChI is InChI=1S/C8H8N2OS/c1-6(12)10-8(11)7-3-2-4-9-5-7/h2-5H,1H3,(H,10,11,12). The van der Waals surface area contributed by atoms with Gasteiger partial charge < -0.3 is 5.32 Å². The molecule has 0 saturated heterocycles. The Morgan fingerprint density at radius 1 is 1.67 bits per heavy atom. The molecule has 4 heteroatoms. The molecule has 0 aliphatic rings. The molecule has 0 aliphatic heterocycles. The zero-order valence-electron chi connectivity index (χ0n) is 6.57. The van der Waals surface area contributed by atoms with Crippen LogP contribution in [0, 0.1) is 0 Å². The predicted octanol–water partition coefficient (Wildman–Crippen LogP) is 1.16. The molecular formula is C8H8N2OS. The van der Waals surface area contributed by atoms with Gasteiger partial charge in [0.05, 0.1) is 10.6 Å². The number of carbonyl (C=O) groups excluding carboxylic acids is 1. The number of amides is 1. The van der Waals surface area contributed by atoms with Gasteiger partial charge in [0.15, 0.2) is 0 Å². The quantitative estimate of drug-likeness (QED) is 0.659. The number of aromatic nitrogens is 1. The Morgan fingerprint density at radius 2 is 2.42 bits per heavy atom. The first-order valence-corrected chi connectivity index (χ1v) is 3.83. The number of pyridine rings is 1. The van der Waals surface area contributed by atoms with Gasteiger partial charge in [-0.3, -0.25) is 9.78 Å². The molecule has 1 aromatic rings. The highest BCUT2D eigenvalue weighted by Crippen LogP contribution is 1.94. The summed E-state index contributed by atoms with van der Waals surface area (Å²) >= 11 is 4.72. The van der Waals surface area contributed by atoms with Crippen molar-refractivity contribution >= 4 is 23.1 Å². The van der Waals surface area contributed by atoms with Gasteiger partial charge in [-0.25, -0.2) is 0 Å². The molecule has 62 valence electrons. The van der Waals surface area contributed by atoms with E-state index in [1.165, 1.54) is 6.20 Å². The molecule has 1 rings (SSSR count). The number of rotatable bonds is 1. The first kappa shape index (κ1) is 8.80. The van der Waals surface area contributed by atoms with Crippen LogP contribution < -0.4 is 5.32 Å². The van der Waals surface area contributed by atoms with E-state index in [2.05, 4.69) is 10.3 Å². The Balaban J connectivity index is 2.73. The number of nitrogens with zero attached hydrogens (tertiary/aromatic N) is 1. The second kappa shape index (κ2) is 3.92. The monoisotopic (exact) mass is 180 g/mol. The molecule has 3 nitrogen and oxygen atoms in total. The van der Waals surface area contributed by atoms with Crippen molar-refractivity contribution in [1.29, 1.82) is 0 Å². The van der Waals surface area contributed by atoms with E-state index in [0.717, 1.165) is 0 Å². The summed E-state index contributed by atoms with van der Waals surface area (Å²) in [4.78, 5) is 15.5. The Labute approximate surface area is 75.8 Å². The maximum Gasteiger partial charge on any atom is 0.257 e. The molecule has 0 atom stereocenters. The van der Waals surface area contributed by atoms with E-state index in [4.69, 9.17) is 12.2 Å². The Morgan fingerprint density at radius 3 is 2.92 bits per heavy atom. The topological polar surface area (TPSA) is 42.0 Å². The van der Waals surface area contributed by atoms with Crippen molar-refractivity contribution < 1.29 is 4.79 Å². The zero-order valence-corrected chi connectivity index (χ0v) is 7.39. The summed E-state index contributed by atoms with van der Waals surface area (Å²) in [6, 6.07) is 3.38. The summed E-state index contributed by atoms with van der Waals surface area (Å²) in [6.45, 7) is 1.66. The van der Waals surface area contributed by atoms with Crippen LogP contribution in [0.4, 0.5) is 0 Å². The predicted molar refractivity (Wildman–Crippen MR) is 50.0 cm³/mol. The van der Waals surface area contributed by atoms with Crippen LogP contribution in [0.15, 0.2) is 24.5 Å². The van der Waals surface area contributed by atoms with Crippen LogP contribution in [0.3, 0.4) is 0 Å². The van der Waals surface area contributed by atoms with Gasteiger partial charge >= 0.3 is 0 Å². The number of carbonyl (C=O) groups is 1. The lowest BCUT2D eigenvalue weighted by atomic mass is 10.3. The summed E-state index contributed by atoms with van der Waals surface area (Å²) in [5, 5.41) is 2.51. The fourth-order valence-electron chi connectivity index (χ4n) is 0.729. The smallest absolute Gasteiger partial charge is 0.257 e. The third-order valence-corrected chi connectivity index (χ3v) is 1.32. The zero-order chi connectivity index (χ0) is 8.97. The first-order valence-electron chi connectivity index (χ1n) is 3.42. The average Bonchev–Trinajstić information content (AvgIpc) is 2.05. The van der Waals surface area contributed by atoms with Crippen molar-refractivity contribution in [2.75, 3.05) is 0 Å². The lowest BCUT2D eigenvalue weighted by Gasteiger charge is -2.00. The lowest BCUT2D eigenvalue weighted by molar-refractivity contribution is 0.0977. The molecule has 1 aromatic heterocycles. The van der Waals surface area contributed by atoms with Gasteiger partial charge in [0.25, 0.3) is 5.91 Å². The Hall–Kier alpha value is -1.29. The van der Waals surface area contributed by atoms with E-state index in [1.807, 2.05) is 0 Å². The van der Waals surface area contributed by atoms with Crippen molar-refractivity contribution in [2.24, 2.45) is 0 Å². The van der Waals surface area contributed by atoms with E-state index in [0.29, 0.717) is 10.6 Å². The van der Waals surface area contributed by atoms with Crippen LogP contribution in [0.1, 0.15) is 17.3 Å². The Bertz CT molecular complexity index is 297. The van der Waals surface area contributed by atoms with Crippen LogP contribution in [-0.4, -0.2) is 15.9 Å².